The molecule has 0 radical (unpaired) electrons. The van der Waals surface area contributed by atoms with Crippen molar-refractivity contribution >= 4 is 27.1 Å². The number of halogens is 1. The molecule has 0 saturated carbocycles. The second-order valence-electron chi connectivity index (χ2n) is 5.06. The molecule has 1 unspecified atom stereocenters. The Labute approximate surface area is 127 Å². The molecule has 1 fully saturated rings. The molecule has 1 aromatic carbocycles. The number of hydrogen-bond acceptors (Lipinski definition) is 6. The number of aromatic nitrogens is 4. The third-order valence-electron chi connectivity index (χ3n) is 3.57. The Morgan fingerprint density at radius 1 is 1.38 bits per heavy atom. The molecule has 2 aromatic rings. The number of nitrogens with zero attached hydrogens (tertiary/aromatic N) is 4. The van der Waals surface area contributed by atoms with Crippen molar-refractivity contribution in [2.24, 2.45) is 0 Å². The van der Waals surface area contributed by atoms with E-state index in [0.717, 1.165) is 6.42 Å². The van der Waals surface area contributed by atoms with Crippen LogP contribution in [0.2, 0.25) is 5.02 Å². The molecule has 0 spiro atoms. The van der Waals surface area contributed by atoms with Gasteiger partial charge in [-0.15, -0.1) is 5.10 Å². The second kappa shape index (κ2) is 5.27. The average Bonchev–Trinajstić information content (AvgIpc) is 2.90. The maximum atomic E-state index is 11.8. The molecule has 3 rings (SSSR count). The van der Waals surface area contributed by atoms with Crippen molar-refractivity contribution in [2.75, 3.05) is 17.2 Å². The standard InChI is InChI=1S/C12H14ClN5O2S/c13-10-5-1-4-9(11(10)14)12-15-16-17-18(12)8-3-2-6-21(19,20)7-8/h1,4-5,8H,2-3,6-7,14H2. The zero-order valence-electron chi connectivity index (χ0n) is 11.1. The highest BCUT2D eigenvalue weighted by Gasteiger charge is 2.29. The zero-order chi connectivity index (χ0) is 15.0. The van der Waals surface area contributed by atoms with Crippen LogP contribution in [0.3, 0.4) is 0 Å². The first-order chi connectivity index (χ1) is 9.98. The fraction of sp³-hybridized carbons (Fsp3) is 0.417. The van der Waals surface area contributed by atoms with Crippen molar-refractivity contribution in [1.29, 1.82) is 0 Å². The maximum Gasteiger partial charge on any atom is 0.184 e. The number of hydrogen-bond donors (Lipinski definition) is 1. The molecule has 7 nitrogen and oxygen atoms in total. The van der Waals surface area contributed by atoms with Gasteiger partial charge in [-0.25, -0.2) is 13.1 Å². The van der Waals surface area contributed by atoms with Crippen molar-refractivity contribution in [1.82, 2.24) is 20.2 Å². The van der Waals surface area contributed by atoms with Crippen molar-refractivity contribution in [2.45, 2.75) is 18.9 Å². The van der Waals surface area contributed by atoms with Crippen LogP contribution in [0, 0.1) is 0 Å². The lowest BCUT2D eigenvalue weighted by Gasteiger charge is -2.22. The minimum Gasteiger partial charge on any atom is -0.397 e. The molecule has 0 bridgehead atoms. The van der Waals surface area contributed by atoms with Crippen LogP contribution in [-0.2, 0) is 9.84 Å². The Hall–Kier alpha value is -1.67. The fourth-order valence-electron chi connectivity index (χ4n) is 2.54. The minimum atomic E-state index is -3.05. The van der Waals surface area contributed by atoms with E-state index in [4.69, 9.17) is 17.3 Å². The van der Waals surface area contributed by atoms with Gasteiger partial charge in [-0.05, 0) is 35.4 Å². The van der Waals surface area contributed by atoms with Gasteiger partial charge in [0.2, 0.25) is 0 Å². The lowest BCUT2D eigenvalue weighted by Crippen LogP contribution is -2.28. The summed E-state index contributed by atoms with van der Waals surface area (Å²) in [7, 11) is -3.05. The van der Waals surface area contributed by atoms with Gasteiger partial charge in [0.25, 0.3) is 0 Å². The average molecular weight is 328 g/mol. The van der Waals surface area contributed by atoms with E-state index in [-0.39, 0.29) is 17.5 Å². The molecule has 1 saturated heterocycles. The molecule has 2 N–H and O–H groups in total. The van der Waals surface area contributed by atoms with Crippen molar-refractivity contribution in [3.63, 3.8) is 0 Å². The smallest absolute Gasteiger partial charge is 0.184 e. The number of benzene rings is 1. The number of para-hydroxylation sites is 1. The number of sulfone groups is 1. The number of rotatable bonds is 2. The highest BCUT2D eigenvalue weighted by molar-refractivity contribution is 7.91. The first-order valence-electron chi connectivity index (χ1n) is 6.50. The van der Waals surface area contributed by atoms with E-state index in [1.54, 1.807) is 22.9 Å². The maximum absolute atomic E-state index is 11.8. The van der Waals surface area contributed by atoms with Gasteiger partial charge in [0.05, 0.1) is 28.3 Å². The van der Waals surface area contributed by atoms with Crippen LogP contribution in [0.4, 0.5) is 5.69 Å². The molecule has 1 aliphatic rings. The molecular weight excluding hydrogens is 314 g/mol. The summed E-state index contributed by atoms with van der Waals surface area (Å²) in [5.74, 6) is 0.711. The van der Waals surface area contributed by atoms with Crippen molar-refractivity contribution in [3.05, 3.63) is 23.2 Å². The van der Waals surface area contributed by atoms with Gasteiger partial charge in [0, 0.05) is 5.56 Å². The molecule has 9 heteroatoms. The third-order valence-corrected chi connectivity index (χ3v) is 5.70. The highest BCUT2D eigenvalue weighted by Crippen LogP contribution is 2.32. The Kier molecular flexibility index (Phi) is 3.58. The Balaban J connectivity index is 2.03. The Morgan fingerprint density at radius 2 is 2.19 bits per heavy atom. The Morgan fingerprint density at radius 3 is 2.95 bits per heavy atom. The van der Waals surface area contributed by atoms with E-state index in [2.05, 4.69) is 15.5 Å². The van der Waals surface area contributed by atoms with E-state index in [0.29, 0.717) is 28.5 Å². The fourth-order valence-corrected chi connectivity index (χ4v) is 4.38. The van der Waals surface area contributed by atoms with Crippen LogP contribution in [-0.4, -0.2) is 40.1 Å². The van der Waals surface area contributed by atoms with E-state index >= 15 is 0 Å². The summed E-state index contributed by atoms with van der Waals surface area (Å²) in [6, 6.07) is 4.93. The first-order valence-corrected chi connectivity index (χ1v) is 8.70. The van der Waals surface area contributed by atoms with Crippen LogP contribution in [0.5, 0.6) is 0 Å². The van der Waals surface area contributed by atoms with Gasteiger partial charge in [-0.3, -0.25) is 0 Å². The third kappa shape index (κ3) is 2.73. The number of nitrogen functional groups attached to an aromatic ring is 1. The topological polar surface area (TPSA) is 104 Å². The van der Waals surface area contributed by atoms with E-state index in [1.165, 1.54) is 0 Å². The van der Waals surface area contributed by atoms with Gasteiger partial charge >= 0.3 is 0 Å². The van der Waals surface area contributed by atoms with Crippen molar-refractivity contribution in [3.8, 4) is 11.4 Å². The molecule has 112 valence electrons. The zero-order valence-corrected chi connectivity index (χ0v) is 12.7. The molecular formula is C12H14ClN5O2S. The largest absolute Gasteiger partial charge is 0.397 e. The van der Waals surface area contributed by atoms with Gasteiger partial charge in [0.15, 0.2) is 15.7 Å². The highest BCUT2D eigenvalue weighted by atomic mass is 35.5. The van der Waals surface area contributed by atoms with Crippen molar-refractivity contribution < 1.29 is 8.42 Å². The lowest BCUT2D eigenvalue weighted by atomic mass is 10.1. The van der Waals surface area contributed by atoms with Crippen LogP contribution < -0.4 is 5.73 Å². The monoisotopic (exact) mass is 327 g/mol. The molecule has 1 atom stereocenters. The summed E-state index contributed by atoms with van der Waals surface area (Å²) in [5, 5.41) is 12.0. The molecule has 2 heterocycles. The second-order valence-corrected chi connectivity index (χ2v) is 7.69. The van der Waals surface area contributed by atoms with Gasteiger partial charge in [-0.2, -0.15) is 0 Å². The minimum absolute atomic E-state index is 0.0471. The van der Waals surface area contributed by atoms with Gasteiger partial charge in [-0.1, -0.05) is 17.7 Å². The summed E-state index contributed by atoms with van der Waals surface area (Å²) < 4.78 is 25.1. The first kappa shape index (κ1) is 14.3. The summed E-state index contributed by atoms with van der Waals surface area (Å²) in [6.45, 7) is 0. The van der Waals surface area contributed by atoms with E-state index in [1.807, 2.05) is 0 Å². The Bertz CT molecular complexity index is 774. The molecule has 0 aliphatic carbocycles. The quantitative estimate of drug-likeness (QED) is 0.834. The van der Waals surface area contributed by atoms with Crippen LogP contribution in [0.25, 0.3) is 11.4 Å². The molecule has 0 amide bonds. The van der Waals surface area contributed by atoms with E-state index < -0.39 is 9.84 Å². The van der Waals surface area contributed by atoms with Gasteiger partial charge < -0.3 is 5.73 Å². The van der Waals surface area contributed by atoms with E-state index in [9.17, 15) is 8.42 Å². The number of tetrazole rings is 1. The summed E-state index contributed by atoms with van der Waals surface area (Å²) >= 11 is 6.02. The summed E-state index contributed by atoms with van der Waals surface area (Å²) in [6.07, 6.45) is 1.33. The lowest BCUT2D eigenvalue weighted by molar-refractivity contribution is 0.429. The molecule has 1 aliphatic heterocycles. The number of nitrogens with two attached hydrogens (primary N) is 1. The molecule has 1 aromatic heterocycles. The summed E-state index contributed by atoms with van der Waals surface area (Å²) in [5.41, 5.74) is 6.96. The molecule has 21 heavy (non-hydrogen) atoms. The van der Waals surface area contributed by atoms with Gasteiger partial charge in [0.1, 0.15) is 0 Å². The normalized spacial score (nSPS) is 21.3. The van der Waals surface area contributed by atoms with Crippen LogP contribution >= 0.6 is 11.6 Å². The number of anilines is 1. The SMILES string of the molecule is Nc1c(Cl)cccc1-c1nnnn1C1CCCS(=O)(=O)C1. The predicted octanol–water partition coefficient (Wildman–Crippen LogP) is 1.33. The summed E-state index contributed by atoms with van der Waals surface area (Å²) in [4.78, 5) is 0. The predicted molar refractivity (Wildman–Crippen MR) is 79.6 cm³/mol. The van der Waals surface area contributed by atoms with Crippen LogP contribution in [0.1, 0.15) is 18.9 Å². The van der Waals surface area contributed by atoms with Crippen LogP contribution in [0.15, 0.2) is 18.2 Å².